The standard InChI is InChI=1S/C33H45N3O7/c1-32(2,3)23-15-29(38)43-33(4)16-20(33)10-8-7-9-11-25-30(35-26-14-21(41-6)12-13-24(26)34-25)42-28-17-36(31(23)39)27(18-37)22(28)19-40-5/h12-14,18,20,22-23,27-28H,7-11,15-17,19H2,1-6H3/t20-,22+,23-,27-,28+,33-/m1/s1. The van der Waals surface area contributed by atoms with Crippen LogP contribution in [0, 0.1) is 23.2 Å². The quantitative estimate of drug-likeness (QED) is 0.371. The third kappa shape index (κ3) is 6.64. The molecule has 3 aliphatic rings. The third-order valence-corrected chi connectivity index (χ3v) is 9.49. The minimum atomic E-state index is -0.775. The van der Waals surface area contributed by atoms with Crippen molar-refractivity contribution in [2.45, 2.75) is 90.4 Å². The zero-order valence-corrected chi connectivity index (χ0v) is 26.3. The Morgan fingerprint density at radius 2 is 1.91 bits per heavy atom. The van der Waals surface area contributed by atoms with Crippen LogP contribution < -0.4 is 9.47 Å². The molecule has 234 valence electrons. The van der Waals surface area contributed by atoms with Gasteiger partial charge in [-0.1, -0.05) is 33.6 Å². The number of aldehydes is 1. The first-order valence-electron chi connectivity index (χ1n) is 15.4. The van der Waals surface area contributed by atoms with Crippen LogP contribution in [0.2, 0.25) is 0 Å². The molecule has 0 unspecified atom stereocenters. The molecule has 0 radical (unpaired) electrons. The van der Waals surface area contributed by atoms with Crippen molar-refractivity contribution in [3.8, 4) is 11.6 Å². The first kappa shape index (κ1) is 31.2. The summed E-state index contributed by atoms with van der Waals surface area (Å²) in [6, 6.07) is 4.80. The van der Waals surface area contributed by atoms with Crippen LogP contribution in [0.3, 0.4) is 0 Å². The zero-order chi connectivity index (χ0) is 30.9. The lowest BCUT2D eigenvalue weighted by Gasteiger charge is -2.34. The molecule has 6 atom stereocenters. The summed E-state index contributed by atoms with van der Waals surface area (Å²) in [6.45, 7) is 8.18. The molecule has 1 saturated carbocycles. The molecule has 10 heteroatoms. The van der Waals surface area contributed by atoms with Gasteiger partial charge in [0.05, 0.1) is 49.7 Å². The smallest absolute Gasteiger partial charge is 0.307 e. The first-order valence-corrected chi connectivity index (χ1v) is 15.4. The van der Waals surface area contributed by atoms with Crippen LogP contribution in [0.1, 0.15) is 71.9 Å². The minimum absolute atomic E-state index is 0.0463. The highest BCUT2D eigenvalue weighted by atomic mass is 16.6. The Kier molecular flexibility index (Phi) is 8.97. The molecule has 43 heavy (non-hydrogen) atoms. The van der Waals surface area contributed by atoms with E-state index < -0.39 is 35.0 Å². The fraction of sp³-hybridized carbons (Fsp3) is 0.667. The Morgan fingerprint density at radius 3 is 2.60 bits per heavy atom. The van der Waals surface area contributed by atoms with Gasteiger partial charge in [-0.25, -0.2) is 9.97 Å². The predicted octanol–water partition coefficient (Wildman–Crippen LogP) is 4.55. The molecule has 2 aliphatic heterocycles. The Bertz CT molecular complexity index is 1360. The van der Waals surface area contributed by atoms with E-state index in [4.69, 9.17) is 28.9 Å². The fourth-order valence-corrected chi connectivity index (χ4v) is 6.67. The average Bonchev–Trinajstić information content (AvgIpc) is 3.46. The molecule has 2 bridgehead atoms. The maximum absolute atomic E-state index is 14.2. The van der Waals surface area contributed by atoms with Crippen LogP contribution in [0.5, 0.6) is 11.6 Å². The van der Waals surface area contributed by atoms with Gasteiger partial charge >= 0.3 is 5.97 Å². The number of fused-ring (bicyclic) bond motifs is 5. The van der Waals surface area contributed by atoms with Crippen LogP contribution in [-0.2, 0) is 30.3 Å². The minimum Gasteiger partial charge on any atom is -0.497 e. The Labute approximate surface area is 253 Å². The van der Waals surface area contributed by atoms with Gasteiger partial charge in [0.2, 0.25) is 11.8 Å². The van der Waals surface area contributed by atoms with Gasteiger partial charge in [0, 0.05) is 25.0 Å². The molecule has 1 saturated heterocycles. The number of carbonyl (C=O) groups excluding carboxylic acids is 3. The number of methoxy groups -OCH3 is 2. The van der Waals surface area contributed by atoms with E-state index in [2.05, 4.69) is 0 Å². The van der Waals surface area contributed by atoms with E-state index in [1.165, 1.54) is 0 Å². The zero-order valence-electron chi connectivity index (χ0n) is 26.3. The van der Waals surface area contributed by atoms with E-state index in [0.29, 0.717) is 29.5 Å². The number of rotatable bonds is 4. The average molecular weight is 596 g/mol. The molecule has 0 N–H and O–H groups in total. The summed E-state index contributed by atoms with van der Waals surface area (Å²) < 4.78 is 23.5. The summed E-state index contributed by atoms with van der Waals surface area (Å²) in [6.07, 6.45) is 5.59. The summed E-state index contributed by atoms with van der Waals surface area (Å²) in [5.74, 6) is -0.345. The molecule has 2 fully saturated rings. The van der Waals surface area contributed by atoms with Crippen LogP contribution in [0.15, 0.2) is 18.2 Å². The van der Waals surface area contributed by atoms with E-state index in [1.54, 1.807) is 19.1 Å². The summed E-state index contributed by atoms with van der Waals surface area (Å²) in [5.41, 5.74) is 1.12. The number of carbonyl (C=O) groups is 3. The molecule has 10 nitrogen and oxygen atoms in total. The number of aromatic nitrogens is 2. The van der Waals surface area contributed by atoms with Crippen molar-refractivity contribution < 1.29 is 33.3 Å². The molecular formula is C33H45N3O7. The number of esters is 1. The number of aryl methyl sites for hydroxylation is 1. The molecule has 3 heterocycles. The van der Waals surface area contributed by atoms with Crippen molar-refractivity contribution >= 4 is 29.2 Å². The van der Waals surface area contributed by atoms with Crippen molar-refractivity contribution in [3.63, 3.8) is 0 Å². The van der Waals surface area contributed by atoms with E-state index in [1.807, 2.05) is 45.9 Å². The first-order chi connectivity index (χ1) is 20.5. The van der Waals surface area contributed by atoms with Crippen molar-refractivity contribution in [1.82, 2.24) is 14.9 Å². The van der Waals surface area contributed by atoms with Crippen molar-refractivity contribution in [2.24, 2.45) is 23.2 Å². The Hall–Kier alpha value is -3.27. The van der Waals surface area contributed by atoms with Crippen LogP contribution in [-0.4, -0.2) is 78.1 Å². The second-order valence-corrected chi connectivity index (χ2v) is 13.6. The summed E-state index contributed by atoms with van der Waals surface area (Å²) in [4.78, 5) is 51.3. The second kappa shape index (κ2) is 12.4. The molecule has 1 aromatic carbocycles. The molecule has 0 spiro atoms. The van der Waals surface area contributed by atoms with Crippen LogP contribution >= 0.6 is 0 Å². The molecular weight excluding hydrogens is 550 g/mol. The predicted molar refractivity (Wildman–Crippen MR) is 160 cm³/mol. The van der Waals surface area contributed by atoms with Gasteiger partial charge in [0.25, 0.3) is 0 Å². The SMILES string of the molecule is COC[C@@H]1[C@@H]2CN(C(=O)[C@H](C(C)(C)C)CC(=O)O[C@]3(C)C[C@H]3CCCCCc3nc4ccc(OC)cc4nc3O2)[C@@H]1C=O. The maximum Gasteiger partial charge on any atom is 0.307 e. The lowest BCUT2D eigenvalue weighted by Crippen LogP contribution is -2.47. The van der Waals surface area contributed by atoms with E-state index >= 15 is 0 Å². The van der Waals surface area contributed by atoms with E-state index in [9.17, 15) is 14.4 Å². The number of ether oxygens (including phenoxy) is 4. The second-order valence-electron chi connectivity index (χ2n) is 13.6. The van der Waals surface area contributed by atoms with Gasteiger partial charge < -0.3 is 28.6 Å². The number of hydrogen-bond acceptors (Lipinski definition) is 9. The summed E-state index contributed by atoms with van der Waals surface area (Å²) in [5, 5.41) is 0. The van der Waals surface area contributed by atoms with Gasteiger partial charge in [-0.3, -0.25) is 9.59 Å². The van der Waals surface area contributed by atoms with Crippen molar-refractivity contribution in [1.29, 1.82) is 0 Å². The summed E-state index contributed by atoms with van der Waals surface area (Å²) >= 11 is 0. The fourth-order valence-electron chi connectivity index (χ4n) is 6.67. The monoisotopic (exact) mass is 595 g/mol. The van der Waals surface area contributed by atoms with E-state index in [-0.39, 0.29) is 31.4 Å². The van der Waals surface area contributed by atoms with Gasteiger partial charge in [-0.05, 0) is 50.2 Å². The van der Waals surface area contributed by atoms with Crippen molar-refractivity contribution in [2.75, 3.05) is 27.4 Å². The van der Waals surface area contributed by atoms with Gasteiger partial charge in [-0.2, -0.15) is 0 Å². The topological polar surface area (TPSA) is 117 Å². The largest absolute Gasteiger partial charge is 0.497 e. The molecule has 5 rings (SSSR count). The Balaban J connectivity index is 1.53. The number of nitrogens with zero attached hydrogens (tertiary/aromatic N) is 3. The highest BCUT2D eigenvalue weighted by Crippen LogP contribution is 2.50. The highest BCUT2D eigenvalue weighted by molar-refractivity contribution is 5.87. The number of amides is 1. The van der Waals surface area contributed by atoms with Gasteiger partial charge in [0.15, 0.2) is 0 Å². The molecule has 1 aromatic heterocycles. The van der Waals surface area contributed by atoms with Crippen molar-refractivity contribution in [3.05, 3.63) is 23.9 Å². The third-order valence-electron chi connectivity index (χ3n) is 9.49. The number of hydrogen-bond donors (Lipinski definition) is 0. The summed E-state index contributed by atoms with van der Waals surface area (Å²) in [7, 11) is 3.17. The molecule has 1 aliphatic carbocycles. The normalized spacial score (nSPS) is 30.4. The van der Waals surface area contributed by atoms with E-state index in [0.717, 1.165) is 49.6 Å². The molecule has 2 aromatic rings. The van der Waals surface area contributed by atoms with Gasteiger partial charge in [0.1, 0.15) is 29.4 Å². The lowest BCUT2D eigenvalue weighted by molar-refractivity contribution is -0.158. The highest BCUT2D eigenvalue weighted by Gasteiger charge is 2.54. The lowest BCUT2D eigenvalue weighted by atomic mass is 9.77. The maximum atomic E-state index is 14.2. The van der Waals surface area contributed by atoms with Gasteiger partial charge in [-0.15, -0.1) is 0 Å². The van der Waals surface area contributed by atoms with Crippen LogP contribution in [0.25, 0.3) is 11.0 Å². The Morgan fingerprint density at radius 1 is 1.12 bits per heavy atom. The van der Waals surface area contributed by atoms with Crippen LogP contribution in [0.4, 0.5) is 0 Å². The molecule has 1 amide bonds. The number of benzene rings is 1.